The van der Waals surface area contributed by atoms with Gasteiger partial charge in [-0.25, -0.2) is 0 Å². The summed E-state index contributed by atoms with van der Waals surface area (Å²) < 4.78 is 5.41. The molecule has 1 aromatic heterocycles. The van der Waals surface area contributed by atoms with Crippen LogP contribution >= 0.6 is 0 Å². The van der Waals surface area contributed by atoms with Gasteiger partial charge in [0.05, 0.1) is 6.04 Å². The highest BCUT2D eigenvalue weighted by atomic mass is 16.3. The number of furan rings is 1. The molecule has 0 saturated heterocycles. The standard InChI is InChI=1S/C19H17NO2/c1-14-12-13-17(22-14)19(21)20-18(15-8-4-2-5-9-15)16-10-6-3-7-11-16/h2-13,18H,1H3,(H,20,21). The molecule has 3 nitrogen and oxygen atoms in total. The number of nitrogens with one attached hydrogen (secondary N) is 1. The lowest BCUT2D eigenvalue weighted by atomic mass is 9.98. The molecule has 0 spiro atoms. The van der Waals surface area contributed by atoms with Gasteiger partial charge in [-0.2, -0.15) is 0 Å². The third-order valence-corrected chi connectivity index (χ3v) is 3.51. The summed E-state index contributed by atoms with van der Waals surface area (Å²) >= 11 is 0. The molecule has 0 aliphatic carbocycles. The second-order valence-electron chi connectivity index (χ2n) is 5.14. The third-order valence-electron chi connectivity index (χ3n) is 3.51. The van der Waals surface area contributed by atoms with E-state index in [1.54, 1.807) is 12.1 Å². The van der Waals surface area contributed by atoms with Gasteiger partial charge in [0, 0.05) is 0 Å². The minimum Gasteiger partial charge on any atom is -0.456 e. The van der Waals surface area contributed by atoms with E-state index in [1.165, 1.54) is 0 Å². The highest BCUT2D eigenvalue weighted by molar-refractivity contribution is 5.92. The van der Waals surface area contributed by atoms with Gasteiger partial charge in [-0.3, -0.25) is 4.79 Å². The predicted molar refractivity (Wildman–Crippen MR) is 85.6 cm³/mol. The normalized spacial score (nSPS) is 10.6. The van der Waals surface area contributed by atoms with E-state index in [9.17, 15) is 4.79 Å². The van der Waals surface area contributed by atoms with Crippen molar-refractivity contribution in [2.45, 2.75) is 13.0 Å². The van der Waals surface area contributed by atoms with E-state index in [1.807, 2.05) is 67.6 Å². The summed E-state index contributed by atoms with van der Waals surface area (Å²) in [7, 11) is 0. The van der Waals surface area contributed by atoms with Gasteiger partial charge >= 0.3 is 0 Å². The van der Waals surface area contributed by atoms with Crippen LogP contribution in [0.25, 0.3) is 0 Å². The highest BCUT2D eigenvalue weighted by Gasteiger charge is 2.19. The molecule has 1 heterocycles. The molecule has 0 fully saturated rings. The summed E-state index contributed by atoms with van der Waals surface area (Å²) in [5.41, 5.74) is 2.07. The van der Waals surface area contributed by atoms with Crippen molar-refractivity contribution in [2.75, 3.05) is 0 Å². The molecule has 0 radical (unpaired) electrons. The van der Waals surface area contributed by atoms with Gasteiger partial charge < -0.3 is 9.73 Å². The van der Waals surface area contributed by atoms with Crippen molar-refractivity contribution in [3.63, 3.8) is 0 Å². The first-order valence-electron chi connectivity index (χ1n) is 7.21. The van der Waals surface area contributed by atoms with Crippen LogP contribution in [0.5, 0.6) is 0 Å². The van der Waals surface area contributed by atoms with E-state index in [2.05, 4.69) is 5.32 Å². The van der Waals surface area contributed by atoms with E-state index < -0.39 is 0 Å². The third kappa shape index (κ3) is 3.09. The van der Waals surface area contributed by atoms with Crippen LogP contribution in [0.4, 0.5) is 0 Å². The maximum Gasteiger partial charge on any atom is 0.287 e. The van der Waals surface area contributed by atoms with E-state index in [0.717, 1.165) is 16.9 Å². The first-order chi connectivity index (χ1) is 10.7. The van der Waals surface area contributed by atoms with Crippen molar-refractivity contribution >= 4 is 5.91 Å². The summed E-state index contributed by atoms with van der Waals surface area (Å²) in [6, 6.07) is 23.1. The Kier molecular flexibility index (Phi) is 4.05. The van der Waals surface area contributed by atoms with Crippen molar-refractivity contribution in [3.8, 4) is 0 Å². The van der Waals surface area contributed by atoms with E-state index in [-0.39, 0.29) is 11.9 Å². The fourth-order valence-electron chi connectivity index (χ4n) is 2.41. The summed E-state index contributed by atoms with van der Waals surface area (Å²) in [6.45, 7) is 1.82. The van der Waals surface area contributed by atoms with Crippen LogP contribution < -0.4 is 5.32 Å². The fraction of sp³-hybridized carbons (Fsp3) is 0.105. The van der Waals surface area contributed by atoms with Gasteiger partial charge in [-0.1, -0.05) is 60.7 Å². The van der Waals surface area contributed by atoms with Gasteiger partial charge in [0.1, 0.15) is 5.76 Å². The number of aryl methyl sites for hydroxylation is 1. The topological polar surface area (TPSA) is 42.2 Å². The van der Waals surface area contributed by atoms with Crippen LogP contribution in [0.1, 0.15) is 33.5 Å². The molecule has 3 rings (SSSR count). The van der Waals surface area contributed by atoms with Crippen molar-refractivity contribution in [3.05, 3.63) is 95.4 Å². The van der Waals surface area contributed by atoms with Crippen LogP contribution in [-0.2, 0) is 0 Å². The Morgan fingerprint density at radius 1 is 0.864 bits per heavy atom. The van der Waals surface area contributed by atoms with Crippen LogP contribution in [0.15, 0.2) is 77.2 Å². The predicted octanol–water partition coefficient (Wildman–Crippen LogP) is 4.11. The zero-order chi connectivity index (χ0) is 15.4. The molecule has 0 aliphatic rings. The molecule has 3 aromatic rings. The number of carbonyl (C=O) groups excluding carboxylic acids is 1. The Hall–Kier alpha value is -2.81. The molecule has 0 unspecified atom stereocenters. The van der Waals surface area contributed by atoms with Gasteiger partial charge in [0.2, 0.25) is 0 Å². The maximum absolute atomic E-state index is 12.4. The first-order valence-corrected chi connectivity index (χ1v) is 7.21. The number of carbonyl (C=O) groups is 1. The largest absolute Gasteiger partial charge is 0.456 e. The van der Waals surface area contributed by atoms with E-state index >= 15 is 0 Å². The molecule has 0 aliphatic heterocycles. The quantitative estimate of drug-likeness (QED) is 0.786. The van der Waals surface area contributed by atoms with Crippen LogP contribution in [0.3, 0.4) is 0 Å². The van der Waals surface area contributed by atoms with Crippen LogP contribution in [0.2, 0.25) is 0 Å². The molecule has 1 N–H and O–H groups in total. The van der Waals surface area contributed by atoms with Crippen molar-refractivity contribution < 1.29 is 9.21 Å². The smallest absolute Gasteiger partial charge is 0.287 e. The zero-order valence-corrected chi connectivity index (χ0v) is 12.3. The summed E-state index contributed by atoms with van der Waals surface area (Å²) in [6.07, 6.45) is 0. The van der Waals surface area contributed by atoms with Gasteiger partial charge in [-0.15, -0.1) is 0 Å². The molecular weight excluding hydrogens is 274 g/mol. The average molecular weight is 291 g/mol. The Labute approximate surface area is 129 Å². The van der Waals surface area contributed by atoms with Crippen molar-refractivity contribution in [1.82, 2.24) is 5.32 Å². The zero-order valence-electron chi connectivity index (χ0n) is 12.3. The maximum atomic E-state index is 12.4. The molecule has 110 valence electrons. The van der Waals surface area contributed by atoms with Gasteiger partial charge in [-0.05, 0) is 30.2 Å². The molecule has 2 aromatic carbocycles. The molecule has 1 amide bonds. The number of rotatable bonds is 4. The molecule has 0 bridgehead atoms. The van der Waals surface area contributed by atoms with Gasteiger partial charge in [0.25, 0.3) is 5.91 Å². The molecule has 3 heteroatoms. The minimum atomic E-state index is -0.217. The monoisotopic (exact) mass is 291 g/mol. The van der Waals surface area contributed by atoms with Crippen molar-refractivity contribution in [1.29, 1.82) is 0 Å². The second-order valence-corrected chi connectivity index (χ2v) is 5.14. The first kappa shape index (κ1) is 14.1. The molecule has 0 saturated carbocycles. The SMILES string of the molecule is Cc1ccc(C(=O)NC(c2ccccc2)c2ccccc2)o1. The summed E-state index contributed by atoms with van der Waals surface area (Å²) in [5, 5.41) is 3.05. The molecule has 22 heavy (non-hydrogen) atoms. The van der Waals surface area contributed by atoms with E-state index in [4.69, 9.17) is 4.42 Å². The second kappa shape index (κ2) is 6.31. The van der Waals surface area contributed by atoms with Crippen molar-refractivity contribution in [2.24, 2.45) is 0 Å². The van der Waals surface area contributed by atoms with Crippen LogP contribution in [0, 0.1) is 6.92 Å². The highest BCUT2D eigenvalue weighted by Crippen LogP contribution is 2.22. The van der Waals surface area contributed by atoms with Crippen LogP contribution in [-0.4, -0.2) is 5.91 Å². The Bertz CT molecular complexity index is 708. The minimum absolute atomic E-state index is 0.208. The van der Waals surface area contributed by atoms with Gasteiger partial charge in [0.15, 0.2) is 5.76 Å². The summed E-state index contributed by atoms with van der Waals surface area (Å²) in [5.74, 6) is 0.835. The number of hydrogen-bond donors (Lipinski definition) is 1. The average Bonchev–Trinajstić information content (AvgIpc) is 3.01. The Morgan fingerprint density at radius 3 is 1.86 bits per heavy atom. The summed E-state index contributed by atoms with van der Waals surface area (Å²) in [4.78, 5) is 12.4. The van der Waals surface area contributed by atoms with E-state index in [0.29, 0.717) is 5.76 Å². The Balaban J connectivity index is 1.91. The number of hydrogen-bond acceptors (Lipinski definition) is 2. The lowest BCUT2D eigenvalue weighted by Crippen LogP contribution is -2.29. The fourth-order valence-corrected chi connectivity index (χ4v) is 2.41. The Morgan fingerprint density at radius 2 is 1.41 bits per heavy atom. The lowest BCUT2D eigenvalue weighted by molar-refractivity contribution is 0.0913. The number of amides is 1. The number of benzene rings is 2. The lowest BCUT2D eigenvalue weighted by Gasteiger charge is -2.19. The molecule has 0 atom stereocenters. The molecular formula is C19H17NO2.